The maximum absolute atomic E-state index is 13.0. The third kappa shape index (κ3) is 6.15. The van der Waals surface area contributed by atoms with Crippen molar-refractivity contribution in [2.45, 2.75) is 14.7 Å². The molecule has 0 fully saturated rings. The molecule has 0 bridgehead atoms. The molecular weight excluding hydrogens is 548 g/mol. The van der Waals surface area contributed by atoms with Gasteiger partial charge in [0, 0.05) is 33.4 Å². The number of carbonyl (C=O) groups excluding carboxylic acids is 3. The zero-order chi connectivity index (χ0) is 29.6. The van der Waals surface area contributed by atoms with Crippen molar-refractivity contribution < 1.29 is 14.4 Å². The number of benzene rings is 6. The van der Waals surface area contributed by atoms with E-state index in [1.54, 1.807) is 0 Å². The van der Waals surface area contributed by atoms with Gasteiger partial charge in [0.2, 0.25) is 0 Å². The van der Waals surface area contributed by atoms with Crippen molar-refractivity contribution in [1.82, 2.24) is 0 Å². The summed E-state index contributed by atoms with van der Waals surface area (Å²) in [6.45, 7) is 0. The van der Waals surface area contributed by atoms with Gasteiger partial charge in [-0.15, -0.1) is 0 Å². The van der Waals surface area contributed by atoms with Gasteiger partial charge < -0.3 is 0 Å². The smallest absolute Gasteiger partial charge is 0.193 e. The van der Waals surface area contributed by atoms with Crippen molar-refractivity contribution >= 4 is 28.2 Å². The minimum atomic E-state index is -0.546. The molecule has 0 saturated heterocycles. The fourth-order valence-corrected chi connectivity index (χ4v) is 6.95. The van der Waals surface area contributed by atoms with Crippen LogP contribution in [0.15, 0.2) is 178 Å². The van der Waals surface area contributed by atoms with Crippen LogP contribution >= 0.6 is 0 Å². The Balaban J connectivity index is 1.35. The van der Waals surface area contributed by atoms with Crippen molar-refractivity contribution in [2.75, 3.05) is 0 Å². The van der Waals surface area contributed by atoms with Crippen LogP contribution in [0.4, 0.5) is 0 Å². The lowest BCUT2D eigenvalue weighted by molar-refractivity contribution is 0.103. The van der Waals surface area contributed by atoms with E-state index in [4.69, 9.17) is 0 Å². The number of carbonyl (C=O) groups is 3. The highest BCUT2D eigenvalue weighted by Gasteiger charge is 2.30. The molecule has 0 aliphatic carbocycles. The first-order valence-electron chi connectivity index (χ1n) is 13.9. The SMILES string of the molecule is O=C(c1ccccc1)c1ccc([S+](c2ccc(C(=O)c3ccccc3)cc2)c2ccc(C(=O)c3ccccc3)cc2)cc1. The molecule has 0 aromatic heterocycles. The third-order valence-electron chi connectivity index (χ3n) is 7.16. The van der Waals surface area contributed by atoms with Crippen LogP contribution in [0.5, 0.6) is 0 Å². The molecule has 3 nitrogen and oxygen atoms in total. The number of hydrogen-bond donors (Lipinski definition) is 0. The zero-order valence-electron chi connectivity index (χ0n) is 23.2. The molecule has 0 atom stereocenters. The van der Waals surface area contributed by atoms with E-state index in [9.17, 15) is 14.4 Å². The molecule has 0 aliphatic rings. The summed E-state index contributed by atoms with van der Waals surface area (Å²) in [4.78, 5) is 42.2. The molecule has 6 aromatic carbocycles. The third-order valence-corrected chi connectivity index (χ3v) is 9.40. The van der Waals surface area contributed by atoms with E-state index in [1.165, 1.54) is 0 Å². The van der Waals surface area contributed by atoms with E-state index in [-0.39, 0.29) is 17.3 Å². The first-order chi connectivity index (χ1) is 21.1. The highest BCUT2D eigenvalue weighted by atomic mass is 32.2. The summed E-state index contributed by atoms with van der Waals surface area (Å²) in [5.41, 5.74) is 3.79. The lowest BCUT2D eigenvalue weighted by Crippen LogP contribution is -2.08. The lowest BCUT2D eigenvalue weighted by Gasteiger charge is -2.10. The fraction of sp³-hybridized carbons (Fsp3) is 0. The molecule has 0 aliphatic heterocycles. The van der Waals surface area contributed by atoms with E-state index < -0.39 is 10.9 Å². The van der Waals surface area contributed by atoms with Crippen LogP contribution in [0.25, 0.3) is 0 Å². The topological polar surface area (TPSA) is 51.2 Å². The molecule has 0 unspecified atom stereocenters. The van der Waals surface area contributed by atoms with E-state index in [0.29, 0.717) is 33.4 Å². The molecule has 0 amide bonds. The number of rotatable bonds is 9. The van der Waals surface area contributed by atoms with Crippen LogP contribution in [0.3, 0.4) is 0 Å². The average Bonchev–Trinajstić information content (AvgIpc) is 3.09. The van der Waals surface area contributed by atoms with Gasteiger partial charge in [-0.1, -0.05) is 91.0 Å². The summed E-state index contributed by atoms with van der Waals surface area (Å²) in [7, 11) is -0.546. The standard InChI is InChI=1S/C39H27O3S/c40-37(28-10-4-1-5-11-28)31-16-22-34(23-17-31)43(35-24-18-32(19-25-35)38(41)29-12-6-2-7-13-29)36-26-20-33(21-27-36)39(42)30-14-8-3-9-15-30/h1-27H/q+1. The molecule has 0 N–H and O–H groups in total. The van der Waals surface area contributed by atoms with Gasteiger partial charge in [0.15, 0.2) is 32.0 Å². The van der Waals surface area contributed by atoms with Gasteiger partial charge in [-0.05, 0) is 72.8 Å². The molecule has 0 radical (unpaired) electrons. The Hall–Kier alpha value is -5.32. The zero-order valence-corrected chi connectivity index (χ0v) is 24.0. The minimum Gasteiger partial charge on any atom is -0.289 e. The Morgan fingerprint density at radius 2 is 0.488 bits per heavy atom. The summed E-state index contributed by atoms with van der Waals surface area (Å²) in [5.74, 6) is -0.0845. The fourth-order valence-electron chi connectivity index (χ4n) is 4.90. The lowest BCUT2D eigenvalue weighted by atomic mass is 10.0. The molecule has 6 aromatic rings. The first kappa shape index (κ1) is 27.8. The second kappa shape index (κ2) is 12.7. The van der Waals surface area contributed by atoms with Crippen molar-refractivity contribution in [3.05, 3.63) is 197 Å². The quantitative estimate of drug-likeness (QED) is 0.128. The van der Waals surface area contributed by atoms with Crippen molar-refractivity contribution in [3.8, 4) is 0 Å². The minimum absolute atomic E-state index is 0.0282. The van der Waals surface area contributed by atoms with E-state index in [2.05, 4.69) is 0 Å². The van der Waals surface area contributed by atoms with Crippen LogP contribution in [0.1, 0.15) is 47.8 Å². The predicted octanol–water partition coefficient (Wildman–Crippen LogP) is 8.48. The first-order valence-corrected chi connectivity index (χ1v) is 15.1. The normalized spacial score (nSPS) is 10.8. The van der Waals surface area contributed by atoms with Crippen molar-refractivity contribution in [2.24, 2.45) is 0 Å². The monoisotopic (exact) mass is 575 g/mol. The molecule has 0 heterocycles. The molecule has 0 spiro atoms. The van der Waals surface area contributed by atoms with Gasteiger partial charge >= 0.3 is 0 Å². The summed E-state index contributed by atoms with van der Waals surface area (Å²) in [5, 5.41) is 0. The molecule has 206 valence electrons. The molecule has 6 rings (SSSR count). The summed E-state index contributed by atoms with van der Waals surface area (Å²) in [6, 6.07) is 50.9. The predicted molar refractivity (Wildman–Crippen MR) is 171 cm³/mol. The van der Waals surface area contributed by atoms with Gasteiger partial charge in [-0.2, -0.15) is 0 Å². The Morgan fingerprint density at radius 1 is 0.279 bits per heavy atom. The van der Waals surface area contributed by atoms with Crippen LogP contribution in [0.2, 0.25) is 0 Å². The molecule has 43 heavy (non-hydrogen) atoms. The second-order valence-electron chi connectivity index (χ2n) is 9.96. The summed E-state index contributed by atoms with van der Waals surface area (Å²) >= 11 is 0. The Morgan fingerprint density at radius 3 is 0.721 bits per heavy atom. The van der Waals surface area contributed by atoms with Gasteiger partial charge in [0.05, 0.1) is 10.9 Å². The average molecular weight is 576 g/mol. The summed E-state index contributed by atoms with van der Waals surface area (Å²) in [6.07, 6.45) is 0. The van der Waals surface area contributed by atoms with Crippen LogP contribution < -0.4 is 0 Å². The van der Waals surface area contributed by atoms with E-state index in [0.717, 1.165) is 14.7 Å². The van der Waals surface area contributed by atoms with Crippen LogP contribution in [-0.4, -0.2) is 17.3 Å². The second-order valence-corrected chi connectivity index (χ2v) is 12.0. The maximum atomic E-state index is 13.0. The largest absolute Gasteiger partial charge is 0.289 e. The highest BCUT2D eigenvalue weighted by molar-refractivity contribution is 7.97. The molecular formula is C39H27O3S+. The molecule has 0 saturated carbocycles. The summed E-state index contributed by atoms with van der Waals surface area (Å²) < 4.78 is 0. The van der Waals surface area contributed by atoms with Gasteiger partial charge in [-0.25, -0.2) is 0 Å². The van der Waals surface area contributed by atoms with Gasteiger partial charge in [-0.3, -0.25) is 14.4 Å². The van der Waals surface area contributed by atoms with Crippen molar-refractivity contribution in [1.29, 1.82) is 0 Å². The van der Waals surface area contributed by atoms with Crippen molar-refractivity contribution in [3.63, 3.8) is 0 Å². The van der Waals surface area contributed by atoms with Crippen LogP contribution in [-0.2, 0) is 10.9 Å². The van der Waals surface area contributed by atoms with Gasteiger partial charge in [0.1, 0.15) is 0 Å². The van der Waals surface area contributed by atoms with Crippen LogP contribution in [0, 0.1) is 0 Å². The van der Waals surface area contributed by atoms with Gasteiger partial charge in [0.25, 0.3) is 0 Å². The number of ketones is 3. The Kier molecular flexibility index (Phi) is 8.21. The number of hydrogen-bond acceptors (Lipinski definition) is 3. The van der Waals surface area contributed by atoms with E-state index in [1.807, 2.05) is 164 Å². The van der Waals surface area contributed by atoms with E-state index >= 15 is 0 Å². The molecule has 4 heteroatoms. The maximum Gasteiger partial charge on any atom is 0.193 e. The Bertz CT molecular complexity index is 1640. The highest BCUT2D eigenvalue weighted by Crippen LogP contribution is 2.32. The Labute approximate surface area is 253 Å².